The van der Waals surface area contributed by atoms with E-state index >= 15 is 0 Å². The Morgan fingerprint density at radius 2 is 2.18 bits per heavy atom. The summed E-state index contributed by atoms with van der Waals surface area (Å²) in [6.45, 7) is 0.392. The second kappa shape index (κ2) is 3.59. The van der Waals surface area contributed by atoms with Crippen molar-refractivity contribution in [3.05, 3.63) is 35.0 Å². The van der Waals surface area contributed by atoms with Gasteiger partial charge in [0, 0.05) is 22.4 Å². The Kier molecular flexibility index (Phi) is 2.28. The lowest BCUT2D eigenvalue weighted by Gasteiger charge is -2.07. The highest BCUT2D eigenvalue weighted by Gasteiger charge is 2.49. The molecule has 1 aliphatic carbocycles. The highest BCUT2D eigenvalue weighted by Crippen LogP contribution is 2.47. The summed E-state index contributed by atoms with van der Waals surface area (Å²) in [5.74, 6) is 0.414. The normalized spacial score (nSPS) is 17.3. The molecular weight excluding hydrogens is 238 g/mol. The van der Waals surface area contributed by atoms with Crippen LogP contribution in [0.15, 0.2) is 28.7 Å². The van der Waals surface area contributed by atoms with Crippen molar-refractivity contribution < 1.29 is 9.21 Å². The number of nitrogens with two attached hydrogens (primary N) is 1. The zero-order chi connectivity index (χ0) is 12.0. The van der Waals surface area contributed by atoms with E-state index in [2.05, 4.69) is 0 Å². The summed E-state index contributed by atoms with van der Waals surface area (Å²) >= 11 is 5.89. The average molecular weight is 250 g/mol. The summed E-state index contributed by atoms with van der Waals surface area (Å²) in [4.78, 5) is 12.2. The number of halogens is 1. The second-order valence-corrected chi connectivity index (χ2v) is 5.04. The summed E-state index contributed by atoms with van der Waals surface area (Å²) in [6.07, 6.45) is 1.72. The van der Waals surface area contributed by atoms with E-state index in [1.54, 1.807) is 24.3 Å². The number of hydrogen-bond donors (Lipinski definition) is 1. The summed E-state index contributed by atoms with van der Waals surface area (Å²) in [7, 11) is 0. The molecule has 4 heteroatoms. The first-order valence-electron chi connectivity index (χ1n) is 5.59. The van der Waals surface area contributed by atoms with Crippen molar-refractivity contribution in [2.24, 2.45) is 11.1 Å². The van der Waals surface area contributed by atoms with Crippen molar-refractivity contribution in [1.29, 1.82) is 0 Å². The van der Waals surface area contributed by atoms with Gasteiger partial charge < -0.3 is 10.2 Å². The molecule has 17 heavy (non-hydrogen) atoms. The van der Waals surface area contributed by atoms with Crippen LogP contribution in [0.1, 0.15) is 23.4 Å². The molecule has 3 nitrogen and oxygen atoms in total. The summed E-state index contributed by atoms with van der Waals surface area (Å²) in [5.41, 5.74) is 5.96. The minimum Gasteiger partial charge on any atom is -0.453 e. The van der Waals surface area contributed by atoms with E-state index in [-0.39, 0.29) is 11.2 Å². The third kappa shape index (κ3) is 1.66. The molecule has 0 unspecified atom stereocenters. The maximum atomic E-state index is 12.2. The Morgan fingerprint density at radius 3 is 2.82 bits per heavy atom. The molecule has 0 radical (unpaired) electrons. The van der Waals surface area contributed by atoms with Crippen molar-refractivity contribution >= 4 is 28.4 Å². The van der Waals surface area contributed by atoms with Gasteiger partial charge in [0.25, 0.3) is 0 Å². The fraction of sp³-hybridized carbons (Fsp3) is 0.308. The first kappa shape index (κ1) is 10.8. The molecule has 1 aromatic heterocycles. The number of ketones is 1. The molecule has 0 aliphatic heterocycles. The molecule has 1 aromatic carbocycles. The summed E-state index contributed by atoms with van der Waals surface area (Å²) in [5, 5.41) is 1.49. The van der Waals surface area contributed by atoms with Crippen molar-refractivity contribution in [2.45, 2.75) is 12.8 Å². The molecule has 3 rings (SSSR count). The van der Waals surface area contributed by atoms with E-state index in [0.29, 0.717) is 22.9 Å². The molecule has 1 fully saturated rings. The van der Waals surface area contributed by atoms with Gasteiger partial charge >= 0.3 is 0 Å². The van der Waals surface area contributed by atoms with Crippen LogP contribution in [0.3, 0.4) is 0 Å². The monoisotopic (exact) mass is 249 g/mol. The predicted molar refractivity (Wildman–Crippen MR) is 66.3 cm³/mol. The quantitative estimate of drug-likeness (QED) is 0.851. The molecule has 1 saturated carbocycles. The van der Waals surface area contributed by atoms with E-state index in [0.717, 1.165) is 18.2 Å². The lowest BCUT2D eigenvalue weighted by atomic mass is 9.99. The number of carbonyl (C=O) groups excluding carboxylic acids is 1. The lowest BCUT2D eigenvalue weighted by molar-refractivity contribution is 0.0879. The number of fused-ring (bicyclic) bond motifs is 1. The highest BCUT2D eigenvalue weighted by atomic mass is 35.5. The molecule has 2 N–H and O–H groups in total. The highest BCUT2D eigenvalue weighted by molar-refractivity contribution is 6.31. The Balaban J connectivity index is 2.04. The van der Waals surface area contributed by atoms with Gasteiger partial charge in [-0.1, -0.05) is 11.6 Å². The number of benzene rings is 1. The molecule has 88 valence electrons. The smallest absolute Gasteiger partial charge is 0.205 e. The van der Waals surface area contributed by atoms with Crippen LogP contribution in [0, 0.1) is 5.41 Å². The molecule has 0 atom stereocenters. The van der Waals surface area contributed by atoms with Gasteiger partial charge in [0.1, 0.15) is 5.58 Å². The molecule has 1 aliphatic rings. The molecular formula is C13H12ClNO2. The number of Topliss-reactive ketones (excluding diaryl/α,β-unsaturated/α-hetero) is 1. The van der Waals surface area contributed by atoms with Crippen LogP contribution in [0.25, 0.3) is 11.0 Å². The molecule has 0 spiro atoms. The number of rotatable bonds is 3. The van der Waals surface area contributed by atoms with Gasteiger partial charge in [0.05, 0.1) is 0 Å². The Labute approximate surface area is 104 Å². The largest absolute Gasteiger partial charge is 0.453 e. The van der Waals surface area contributed by atoms with Gasteiger partial charge in [0.15, 0.2) is 5.76 Å². The van der Waals surface area contributed by atoms with Crippen LogP contribution >= 0.6 is 11.6 Å². The van der Waals surface area contributed by atoms with Crippen molar-refractivity contribution in [3.8, 4) is 0 Å². The maximum absolute atomic E-state index is 12.2. The fourth-order valence-corrected chi connectivity index (χ4v) is 2.24. The molecule has 0 bridgehead atoms. The third-order valence-corrected chi connectivity index (χ3v) is 3.66. The number of furan rings is 1. The standard InChI is InChI=1S/C13H12ClNO2/c14-9-1-2-10-8(5-9)6-11(17-10)12(16)13(7-15)3-4-13/h1-2,5-6H,3-4,7,15H2. The van der Waals surface area contributed by atoms with Crippen LogP contribution in [-0.4, -0.2) is 12.3 Å². The van der Waals surface area contributed by atoms with Crippen molar-refractivity contribution in [1.82, 2.24) is 0 Å². The van der Waals surface area contributed by atoms with Crippen LogP contribution in [0.2, 0.25) is 5.02 Å². The molecule has 0 saturated heterocycles. The van der Waals surface area contributed by atoms with Gasteiger partial charge in [-0.2, -0.15) is 0 Å². The SMILES string of the molecule is NCC1(C(=O)c2cc3cc(Cl)ccc3o2)CC1. The Bertz CT molecular complexity index is 598. The topological polar surface area (TPSA) is 56.2 Å². The van der Waals surface area contributed by atoms with E-state index in [1.807, 2.05) is 0 Å². The van der Waals surface area contributed by atoms with Gasteiger partial charge in [-0.25, -0.2) is 0 Å². The lowest BCUT2D eigenvalue weighted by Crippen LogP contribution is -2.24. The molecule has 1 heterocycles. The minimum absolute atomic E-state index is 0.0207. The first-order chi connectivity index (χ1) is 8.14. The Morgan fingerprint density at radius 1 is 1.41 bits per heavy atom. The van der Waals surface area contributed by atoms with Gasteiger partial charge in [-0.15, -0.1) is 0 Å². The second-order valence-electron chi connectivity index (χ2n) is 4.61. The fourth-order valence-electron chi connectivity index (χ4n) is 2.06. The van der Waals surface area contributed by atoms with Crippen LogP contribution in [0.4, 0.5) is 0 Å². The summed E-state index contributed by atoms with van der Waals surface area (Å²) in [6, 6.07) is 7.06. The van der Waals surface area contributed by atoms with E-state index in [1.165, 1.54) is 0 Å². The van der Waals surface area contributed by atoms with Crippen LogP contribution in [0.5, 0.6) is 0 Å². The summed E-state index contributed by atoms with van der Waals surface area (Å²) < 4.78 is 5.55. The number of carbonyl (C=O) groups is 1. The zero-order valence-corrected chi connectivity index (χ0v) is 9.96. The average Bonchev–Trinajstić information content (AvgIpc) is 3.02. The van der Waals surface area contributed by atoms with E-state index in [9.17, 15) is 4.79 Å². The number of hydrogen-bond acceptors (Lipinski definition) is 3. The van der Waals surface area contributed by atoms with Crippen LogP contribution in [-0.2, 0) is 0 Å². The van der Waals surface area contributed by atoms with Gasteiger partial charge in [-0.3, -0.25) is 4.79 Å². The zero-order valence-electron chi connectivity index (χ0n) is 9.20. The Hall–Kier alpha value is -1.32. The molecule has 2 aromatic rings. The van der Waals surface area contributed by atoms with Gasteiger partial charge in [0.2, 0.25) is 5.78 Å². The predicted octanol–water partition coefficient (Wildman–Crippen LogP) is 3.01. The third-order valence-electron chi connectivity index (χ3n) is 3.43. The van der Waals surface area contributed by atoms with Crippen molar-refractivity contribution in [3.63, 3.8) is 0 Å². The minimum atomic E-state index is -0.363. The van der Waals surface area contributed by atoms with Crippen molar-refractivity contribution in [2.75, 3.05) is 6.54 Å². The van der Waals surface area contributed by atoms with E-state index in [4.69, 9.17) is 21.8 Å². The maximum Gasteiger partial charge on any atom is 0.205 e. The van der Waals surface area contributed by atoms with Gasteiger partial charge in [-0.05, 0) is 37.1 Å². The molecule has 0 amide bonds. The van der Waals surface area contributed by atoms with Crippen LogP contribution < -0.4 is 5.73 Å². The first-order valence-corrected chi connectivity index (χ1v) is 5.96. The van der Waals surface area contributed by atoms with E-state index < -0.39 is 0 Å².